The van der Waals surface area contributed by atoms with Gasteiger partial charge in [0.2, 0.25) is 5.91 Å². The van der Waals surface area contributed by atoms with Gasteiger partial charge in [-0.15, -0.1) is 5.10 Å². The van der Waals surface area contributed by atoms with Crippen LogP contribution in [-0.4, -0.2) is 39.7 Å². The molecular formula is C15H20N4O3. The summed E-state index contributed by atoms with van der Waals surface area (Å²) >= 11 is 0. The standard InChI is InChI=1S/C15H20N4O3/c1-16-15(21)10-19-14(13(11-20)17-18-19)8-5-9-22-12-6-3-2-4-7-12/h2-4,6-7,20H,5,8-11H2,1H3,(H,16,21). The van der Waals surface area contributed by atoms with Crippen LogP contribution >= 0.6 is 0 Å². The van der Waals surface area contributed by atoms with E-state index < -0.39 is 0 Å². The van der Waals surface area contributed by atoms with E-state index in [0.29, 0.717) is 18.7 Å². The summed E-state index contributed by atoms with van der Waals surface area (Å²) in [5, 5.41) is 19.7. The second-order valence-corrected chi connectivity index (χ2v) is 4.74. The van der Waals surface area contributed by atoms with E-state index in [4.69, 9.17) is 4.74 Å². The van der Waals surface area contributed by atoms with E-state index in [1.165, 1.54) is 4.68 Å². The lowest BCUT2D eigenvalue weighted by Crippen LogP contribution is -2.25. The first-order chi connectivity index (χ1) is 10.7. The minimum atomic E-state index is -0.192. The van der Waals surface area contributed by atoms with Crippen molar-refractivity contribution in [2.75, 3.05) is 13.7 Å². The van der Waals surface area contributed by atoms with Crippen LogP contribution in [0.25, 0.3) is 0 Å². The number of carbonyl (C=O) groups excluding carboxylic acids is 1. The molecule has 1 aromatic heterocycles. The highest BCUT2D eigenvalue weighted by atomic mass is 16.5. The van der Waals surface area contributed by atoms with Crippen LogP contribution in [0, 0.1) is 0 Å². The molecule has 0 fully saturated rings. The van der Waals surface area contributed by atoms with Crippen LogP contribution in [0.5, 0.6) is 5.75 Å². The van der Waals surface area contributed by atoms with Crippen LogP contribution in [0.15, 0.2) is 30.3 Å². The Bertz CT molecular complexity index is 598. The Kier molecular flexibility index (Phi) is 5.91. The predicted octanol–water partition coefficient (Wildman–Crippen LogP) is 0.528. The third-order valence-electron chi connectivity index (χ3n) is 3.21. The lowest BCUT2D eigenvalue weighted by atomic mass is 10.2. The van der Waals surface area contributed by atoms with Gasteiger partial charge in [0.25, 0.3) is 0 Å². The molecule has 0 unspecified atom stereocenters. The number of likely N-dealkylation sites (N-methyl/N-ethyl adjacent to an activating group) is 1. The fraction of sp³-hybridized carbons (Fsp3) is 0.400. The summed E-state index contributed by atoms with van der Waals surface area (Å²) in [6.07, 6.45) is 1.37. The highest BCUT2D eigenvalue weighted by Gasteiger charge is 2.14. The Hall–Kier alpha value is -2.41. The molecule has 7 heteroatoms. The summed E-state index contributed by atoms with van der Waals surface area (Å²) in [7, 11) is 1.57. The molecule has 0 aliphatic heterocycles. The van der Waals surface area contributed by atoms with Crippen molar-refractivity contribution >= 4 is 5.91 Å². The van der Waals surface area contributed by atoms with Gasteiger partial charge < -0.3 is 15.2 Å². The summed E-state index contributed by atoms with van der Waals surface area (Å²) in [6.45, 7) is 0.445. The molecule has 2 rings (SSSR count). The van der Waals surface area contributed by atoms with Crippen LogP contribution in [0.1, 0.15) is 17.8 Å². The molecular weight excluding hydrogens is 284 g/mol. The van der Waals surface area contributed by atoms with E-state index in [0.717, 1.165) is 17.9 Å². The third-order valence-corrected chi connectivity index (χ3v) is 3.21. The normalized spacial score (nSPS) is 10.5. The van der Waals surface area contributed by atoms with E-state index >= 15 is 0 Å². The van der Waals surface area contributed by atoms with Gasteiger partial charge in [-0.1, -0.05) is 23.4 Å². The van der Waals surface area contributed by atoms with Crippen molar-refractivity contribution in [2.24, 2.45) is 0 Å². The van der Waals surface area contributed by atoms with E-state index in [9.17, 15) is 9.90 Å². The molecule has 118 valence electrons. The van der Waals surface area contributed by atoms with Crippen molar-refractivity contribution in [3.05, 3.63) is 41.7 Å². The molecule has 0 spiro atoms. The number of ether oxygens (including phenoxy) is 1. The minimum Gasteiger partial charge on any atom is -0.494 e. The number of hydrogen-bond acceptors (Lipinski definition) is 5. The Labute approximate surface area is 128 Å². The number of rotatable bonds is 8. The zero-order valence-electron chi connectivity index (χ0n) is 12.5. The zero-order valence-corrected chi connectivity index (χ0v) is 12.5. The zero-order chi connectivity index (χ0) is 15.8. The molecule has 0 radical (unpaired) electrons. The van der Waals surface area contributed by atoms with Crippen molar-refractivity contribution in [3.8, 4) is 5.75 Å². The quantitative estimate of drug-likeness (QED) is 0.694. The molecule has 0 saturated carbocycles. The number of aliphatic hydroxyl groups excluding tert-OH is 1. The number of aliphatic hydroxyl groups is 1. The van der Waals surface area contributed by atoms with Crippen LogP contribution < -0.4 is 10.1 Å². The third kappa shape index (κ3) is 4.29. The van der Waals surface area contributed by atoms with Crippen molar-refractivity contribution < 1.29 is 14.6 Å². The fourth-order valence-electron chi connectivity index (χ4n) is 2.05. The smallest absolute Gasteiger partial charge is 0.241 e. The van der Waals surface area contributed by atoms with E-state index in [1.807, 2.05) is 30.3 Å². The highest BCUT2D eigenvalue weighted by molar-refractivity contribution is 5.75. The predicted molar refractivity (Wildman–Crippen MR) is 80.3 cm³/mol. The van der Waals surface area contributed by atoms with Crippen LogP contribution in [-0.2, 0) is 24.4 Å². The van der Waals surface area contributed by atoms with Gasteiger partial charge in [-0.05, 0) is 25.0 Å². The first-order valence-electron chi connectivity index (χ1n) is 7.15. The van der Waals surface area contributed by atoms with Gasteiger partial charge in [0.15, 0.2) is 0 Å². The number of nitrogens with zero attached hydrogens (tertiary/aromatic N) is 3. The number of hydrogen-bond donors (Lipinski definition) is 2. The molecule has 22 heavy (non-hydrogen) atoms. The second-order valence-electron chi connectivity index (χ2n) is 4.74. The van der Waals surface area contributed by atoms with Gasteiger partial charge in [-0.3, -0.25) is 4.79 Å². The van der Waals surface area contributed by atoms with E-state index in [1.54, 1.807) is 7.05 Å². The largest absolute Gasteiger partial charge is 0.494 e. The van der Waals surface area contributed by atoms with Crippen molar-refractivity contribution in [1.82, 2.24) is 20.3 Å². The summed E-state index contributed by atoms with van der Waals surface area (Å²) in [6, 6.07) is 9.57. The maximum absolute atomic E-state index is 11.5. The molecule has 1 heterocycles. The van der Waals surface area contributed by atoms with E-state index in [2.05, 4.69) is 15.6 Å². The molecule has 0 atom stereocenters. The highest BCUT2D eigenvalue weighted by Crippen LogP contribution is 2.11. The second kappa shape index (κ2) is 8.14. The van der Waals surface area contributed by atoms with Crippen LogP contribution in [0.3, 0.4) is 0 Å². The number of aromatic nitrogens is 3. The number of para-hydroxylation sites is 1. The maximum Gasteiger partial charge on any atom is 0.241 e. The van der Waals surface area contributed by atoms with Gasteiger partial charge >= 0.3 is 0 Å². The first-order valence-corrected chi connectivity index (χ1v) is 7.15. The number of carbonyl (C=O) groups is 1. The molecule has 1 aromatic carbocycles. The van der Waals surface area contributed by atoms with Gasteiger partial charge in [0.1, 0.15) is 18.0 Å². The van der Waals surface area contributed by atoms with Gasteiger partial charge in [0.05, 0.1) is 18.9 Å². The Balaban J connectivity index is 1.90. The van der Waals surface area contributed by atoms with Gasteiger partial charge in [-0.2, -0.15) is 0 Å². The first kappa shape index (κ1) is 16.0. The topological polar surface area (TPSA) is 89.3 Å². The molecule has 0 aliphatic carbocycles. The average Bonchev–Trinajstić information content (AvgIpc) is 2.94. The molecule has 0 bridgehead atoms. The summed E-state index contributed by atoms with van der Waals surface area (Å²) in [4.78, 5) is 11.5. The van der Waals surface area contributed by atoms with Crippen LogP contribution in [0.2, 0.25) is 0 Å². The molecule has 7 nitrogen and oxygen atoms in total. The van der Waals surface area contributed by atoms with Crippen molar-refractivity contribution in [2.45, 2.75) is 26.0 Å². The average molecular weight is 304 g/mol. The number of benzene rings is 1. The summed E-state index contributed by atoms with van der Waals surface area (Å²) in [5.41, 5.74) is 1.27. The molecule has 0 saturated heterocycles. The maximum atomic E-state index is 11.5. The Morgan fingerprint density at radius 1 is 1.36 bits per heavy atom. The SMILES string of the molecule is CNC(=O)Cn1nnc(CO)c1CCCOc1ccccc1. The van der Waals surface area contributed by atoms with Gasteiger partial charge in [-0.25, -0.2) is 4.68 Å². The fourth-order valence-corrected chi connectivity index (χ4v) is 2.05. The summed E-state index contributed by atoms with van der Waals surface area (Å²) < 4.78 is 7.15. The molecule has 1 amide bonds. The summed E-state index contributed by atoms with van der Waals surface area (Å²) in [5.74, 6) is 0.665. The van der Waals surface area contributed by atoms with E-state index in [-0.39, 0.29) is 19.1 Å². The lowest BCUT2D eigenvalue weighted by Gasteiger charge is -2.08. The van der Waals surface area contributed by atoms with Gasteiger partial charge in [0, 0.05) is 7.05 Å². The van der Waals surface area contributed by atoms with Crippen LogP contribution in [0.4, 0.5) is 0 Å². The van der Waals surface area contributed by atoms with Crippen molar-refractivity contribution in [1.29, 1.82) is 0 Å². The minimum absolute atomic E-state index is 0.0956. The molecule has 2 N–H and O–H groups in total. The Morgan fingerprint density at radius 2 is 2.14 bits per heavy atom. The molecule has 0 aliphatic rings. The number of amides is 1. The lowest BCUT2D eigenvalue weighted by molar-refractivity contribution is -0.121. The molecule has 2 aromatic rings. The monoisotopic (exact) mass is 304 g/mol. The number of nitrogens with one attached hydrogen (secondary N) is 1. The Morgan fingerprint density at radius 3 is 2.82 bits per heavy atom. The van der Waals surface area contributed by atoms with Crippen molar-refractivity contribution in [3.63, 3.8) is 0 Å².